The van der Waals surface area contributed by atoms with Crippen LogP contribution in [0.1, 0.15) is 324 Å². The third-order valence-electron chi connectivity index (χ3n) is 15.7. The molecule has 452 valence electrons. The number of ether oxygens (including phenoxy) is 7. The highest BCUT2D eigenvalue weighted by molar-refractivity contribution is 5.82. The van der Waals surface area contributed by atoms with E-state index in [1.54, 1.807) is 0 Å². The van der Waals surface area contributed by atoms with Crippen molar-refractivity contribution in [1.29, 1.82) is 0 Å². The van der Waals surface area contributed by atoms with Crippen molar-refractivity contribution in [2.75, 3.05) is 47.8 Å². The highest BCUT2D eigenvalue weighted by Crippen LogP contribution is 2.20. The molecule has 0 fully saturated rings. The summed E-state index contributed by atoms with van der Waals surface area (Å²) in [5.74, 6) is -0.0105. The zero-order chi connectivity index (χ0) is 55.8. The smallest absolute Gasteiger partial charge is 0.305 e. The van der Waals surface area contributed by atoms with E-state index in [0.717, 1.165) is 57.8 Å². The SMILES string of the molecule is CCCCCCC(CCCCCCCCCCC(=O)COCC(COC(C)C(=O)CCCCCCCCCCC(CCCCCC)OC)OC(C)COC(=O)CCCCCCCCCCC(CCCCCC)OC)OC. The molecule has 0 radical (unpaired) electrons. The van der Waals surface area contributed by atoms with E-state index in [0.29, 0.717) is 37.6 Å². The minimum atomic E-state index is -0.560. The van der Waals surface area contributed by atoms with Gasteiger partial charge in [-0.15, -0.1) is 0 Å². The second-order valence-corrected chi connectivity index (χ2v) is 23.0. The van der Waals surface area contributed by atoms with Crippen molar-refractivity contribution in [3.8, 4) is 0 Å². The monoisotopic (exact) mass is 1080 g/mol. The first kappa shape index (κ1) is 74.6. The molecule has 0 amide bonds. The van der Waals surface area contributed by atoms with Crippen LogP contribution in [0.4, 0.5) is 0 Å². The minimum Gasteiger partial charge on any atom is -0.463 e. The van der Waals surface area contributed by atoms with Crippen LogP contribution in [0.15, 0.2) is 0 Å². The molecular weight excluding hydrogens is 953 g/mol. The number of hydrogen-bond donors (Lipinski definition) is 0. The number of Topliss-reactive ketones (excluding diaryl/α,β-unsaturated/α-hetero) is 2. The van der Waals surface area contributed by atoms with E-state index in [-0.39, 0.29) is 44.0 Å². The van der Waals surface area contributed by atoms with Gasteiger partial charge < -0.3 is 33.2 Å². The maximum Gasteiger partial charge on any atom is 0.305 e. The van der Waals surface area contributed by atoms with Gasteiger partial charge in [0.05, 0.1) is 37.6 Å². The van der Waals surface area contributed by atoms with Crippen LogP contribution in [-0.4, -0.2) is 102 Å². The summed E-state index contributed by atoms with van der Waals surface area (Å²) in [6.45, 7) is 10.9. The first-order chi connectivity index (χ1) is 37.1. The Hall–Kier alpha value is -1.43. The summed E-state index contributed by atoms with van der Waals surface area (Å²) in [7, 11) is 5.58. The van der Waals surface area contributed by atoms with E-state index in [4.69, 9.17) is 33.2 Å². The van der Waals surface area contributed by atoms with Crippen LogP contribution in [0.5, 0.6) is 0 Å². The molecule has 0 aliphatic rings. The van der Waals surface area contributed by atoms with E-state index >= 15 is 0 Å². The second-order valence-electron chi connectivity index (χ2n) is 23.0. The zero-order valence-electron chi connectivity index (χ0n) is 51.7. The predicted molar refractivity (Wildman–Crippen MR) is 319 cm³/mol. The molecular formula is C66H128O10. The number of unbranched alkanes of at least 4 members (excludes halogenated alkanes) is 30. The maximum absolute atomic E-state index is 13.1. The Kier molecular flexibility index (Phi) is 57.1. The lowest BCUT2D eigenvalue weighted by Crippen LogP contribution is -2.35. The topological polar surface area (TPSA) is 116 Å². The van der Waals surface area contributed by atoms with Gasteiger partial charge in [0.1, 0.15) is 25.4 Å². The highest BCUT2D eigenvalue weighted by Gasteiger charge is 2.21. The van der Waals surface area contributed by atoms with Crippen molar-refractivity contribution in [2.24, 2.45) is 0 Å². The summed E-state index contributed by atoms with van der Waals surface area (Å²) in [4.78, 5) is 38.6. The summed E-state index contributed by atoms with van der Waals surface area (Å²) in [6, 6.07) is 0. The van der Waals surface area contributed by atoms with Gasteiger partial charge in [0, 0.05) is 40.6 Å². The fourth-order valence-corrected chi connectivity index (χ4v) is 10.4. The molecule has 6 unspecified atom stereocenters. The van der Waals surface area contributed by atoms with E-state index in [9.17, 15) is 14.4 Å². The molecule has 0 N–H and O–H groups in total. The third-order valence-corrected chi connectivity index (χ3v) is 15.7. The molecule has 76 heavy (non-hydrogen) atoms. The summed E-state index contributed by atoms with van der Waals surface area (Å²) >= 11 is 0. The van der Waals surface area contributed by atoms with Gasteiger partial charge >= 0.3 is 5.97 Å². The lowest BCUT2D eigenvalue weighted by Gasteiger charge is -2.24. The molecule has 0 saturated heterocycles. The van der Waals surface area contributed by atoms with Gasteiger partial charge in [0.2, 0.25) is 0 Å². The standard InChI is InChI=1S/C66H128O10/c1-9-12-15-37-46-61(70-6)49-40-31-25-19-18-24-30-36-45-60(67)55-73-56-64(57-74-59(5)65(68)52-43-34-28-22-20-26-32-41-50-62(71-7)47-38-16-13-10-2)76-58(4)54-75-66(69)53-44-35-29-23-21-27-33-42-51-63(72-8)48-39-17-14-11-3/h58-59,61-64H,9-57H2,1-8H3. The largest absolute Gasteiger partial charge is 0.463 e. The minimum absolute atomic E-state index is 0.0281. The van der Waals surface area contributed by atoms with Crippen LogP contribution in [-0.2, 0) is 47.5 Å². The molecule has 10 nitrogen and oxygen atoms in total. The van der Waals surface area contributed by atoms with Crippen LogP contribution >= 0.6 is 0 Å². The van der Waals surface area contributed by atoms with Crippen LogP contribution in [0.2, 0.25) is 0 Å². The normalized spacial score (nSPS) is 14.2. The van der Waals surface area contributed by atoms with E-state index < -0.39 is 18.3 Å². The molecule has 0 spiro atoms. The number of methoxy groups -OCH3 is 3. The fraction of sp³-hybridized carbons (Fsp3) is 0.955. The maximum atomic E-state index is 13.1. The van der Waals surface area contributed by atoms with Crippen LogP contribution < -0.4 is 0 Å². The molecule has 0 aliphatic carbocycles. The van der Waals surface area contributed by atoms with E-state index in [1.165, 1.54) is 212 Å². The first-order valence-electron chi connectivity index (χ1n) is 32.8. The number of ketones is 2. The summed E-state index contributed by atoms with van der Waals surface area (Å²) < 4.78 is 41.1. The highest BCUT2D eigenvalue weighted by atomic mass is 16.6. The van der Waals surface area contributed by atoms with Crippen molar-refractivity contribution < 1.29 is 47.5 Å². The Morgan fingerprint density at radius 2 is 0.684 bits per heavy atom. The number of carbonyl (C=O) groups is 3. The van der Waals surface area contributed by atoms with Gasteiger partial charge in [-0.25, -0.2) is 0 Å². The predicted octanol–water partition coefficient (Wildman–Crippen LogP) is 18.5. The van der Waals surface area contributed by atoms with Gasteiger partial charge in [-0.3, -0.25) is 14.4 Å². The molecule has 0 bridgehead atoms. The molecule has 6 atom stereocenters. The van der Waals surface area contributed by atoms with Crippen LogP contribution in [0, 0.1) is 0 Å². The molecule has 0 rings (SSSR count). The van der Waals surface area contributed by atoms with E-state index in [1.807, 2.05) is 35.2 Å². The number of hydrogen-bond acceptors (Lipinski definition) is 10. The van der Waals surface area contributed by atoms with Gasteiger partial charge in [0.25, 0.3) is 0 Å². The van der Waals surface area contributed by atoms with Gasteiger partial charge in [0.15, 0.2) is 11.6 Å². The molecule has 0 heterocycles. The summed E-state index contributed by atoms with van der Waals surface area (Å²) in [5.41, 5.74) is 0. The molecule has 0 saturated carbocycles. The van der Waals surface area contributed by atoms with Crippen LogP contribution in [0.3, 0.4) is 0 Å². The van der Waals surface area contributed by atoms with E-state index in [2.05, 4.69) is 20.8 Å². The Morgan fingerprint density at radius 1 is 0.355 bits per heavy atom. The Balaban J connectivity index is 4.64. The van der Waals surface area contributed by atoms with Gasteiger partial charge in [-0.2, -0.15) is 0 Å². The Labute approximate surface area is 471 Å². The molecule has 0 aromatic rings. The Bertz CT molecular complexity index is 1230. The summed E-state index contributed by atoms with van der Waals surface area (Å²) in [5, 5.41) is 0. The second kappa shape index (κ2) is 58.2. The molecule has 0 aromatic carbocycles. The van der Waals surface area contributed by atoms with Crippen molar-refractivity contribution >= 4 is 17.5 Å². The van der Waals surface area contributed by atoms with Crippen molar-refractivity contribution in [3.63, 3.8) is 0 Å². The lowest BCUT2D eigenvalue weighted by atomic mass is 10.0. The quantitative estimate of drug-likeness (QED) is 0.0431. The molecule has 0 aliphatic heterocycles. The lowest BCUT2D eigenvalue weighted by molar-refractivity contribution is -0.155. The molecule has 10 heteroatoms. The number of esters is 1. The number of rotatable bonds is 63. The fourth-order valence-electron chi connectivity index (χ4n) is 10.4. The zero-order valence-corrected chi connectivity index (χ0v) is 51.7. The third kappa shape index (κ3) is 50.8. The average Bonchev–Trinajstić information content (AvgIpc) is 3.42. The van der Waals surface area contributed by atoms with Gasteiger partial charge in [-0.05, 0) is 71.6 Å². The number of carbonyl (C=O) groups excluding carboxylic acids is 3. The summed E-state index contributed by atoms with van der Waals surface area (Å²) in [6.07, 6.45) is 51.8. The van der Waals surface area contributed by atoms with Crippen LogP contribution in [0.25, 0.3) is 0 Å². The van der Waals surface area contributed by atoms with Gasteiger partial charge in [-0.1, -0.05) is 233 Å². The molecule has 0 aromatic heterocycles. The average molecular weight is 1080 g/mol. The van der Waals surface area contributed by atoms with Crippen molar-refractivity contribution in [2.45, 2.75) is 360 Å². The van der Waals surface area contributed by atoms with Crippen molar-refractivity contribution in [3.05, 3.63) is 0 Å². The van der Waals surface area contributed by atoms with Crippen molar-refractivity contribution in [1.82, 2.24) is 0 Å². The Morgan fingerprint density at radius 3 is 1.05 bits per heavy atom. The first-order valence-corrected chi connectivity index (χ1v) is 32.8.